The highest BCUT2D eigenvalue weighted by atomic mass is 28.4. The van der Waals surface area contributed by atoms with E-state index in [0.717, 1.165) is 19.1 Å². The van der Waals surface area contributed by atoms with Crippen molar-refractivity contribution in [3.8, 4) is 0 Å². The summed E-state index contributed by atoms with van der Waals surface area (Å²) in [5.41, 5.74) is 0. The predicted octanol–water partition coefficient (Wildman–Crippen LogP) is 4.18. The Hall–Kier alpha value is -1.71. The van der Waals surface area contributed by atoms with Gasteiger partial charge in [-0.2, -0.15) is 0 Å². The van der Waals surface area contributed by atoms with Gasteiger partial charge in [-0.15, -0.1) is 0 Å². The Morgan fingerprint density at radius 1 is 0.960 bits per heavy atom. The molecule has 0 radical (unpaired) electrons. The van der Waals surface area contributed by atoms with Crippen molar-refractivity contribution >= 4 is 25.0 Å². The van der Waals surface area contributed by atoms with Crippen molar-refractivity contribution in [2.45, 2.75) is 45.6 Å². The largest absolute Gasteiger partial charge is 0.407 e. The van der Waals surface area contributed by atoms with Crippen molar-refractivity contribution in [2.24, 2.45) is 5.92 Å². The van der Waals surface area contributed by atoms with Gasteiger partial charge in [0.2, 0.25) is 0 Å². The molecule has 2 aromatic carbocycles. The van der Waals surface area contributed by atoms with Gasteiger partial charge >= 0.3 is 0 Å². The highest BCUT2D eigenvalue weighted by Gasteiger charge is 2.49. The smallest absolute Gasteiger partial charge is 0.261 e. The average molecular weight is 355 g/mol. The molecule has 1 atom stereocenters. The molecule has 0 bridgehead atoms. The first-order valence-corrected chi connectivity index (χ1v) is 11.0. The molecule has 3 heteroatoms. The number of aldehydes is 1. The average Bonchev–Trinajstić information content (AvgIpc) is 2.62. The lowest BCUT2D eigenvalue weighted by Gasteiger charge is -2.43. The first-order valence-electron chi connectivity index (χ1n) is 9.12. The van der Waals surface area contributed by atoms with Crippen molar-refractivity contribution in [2.75, 3.05) is 6.61 Å². The normalized spacial score (nSPS) is 13.4. The lowest BCUT2D eigenvalue weighted by molar-refractivity contribution is -0.110. The number of hydrogen-bond acceptors (Lipinski definition) is 2. The number of rotatable bonds is 8. The lowest BCUT2D eigenvalue weighted by Crippen LogP contribution is -2.66. The Bertz CT molecular complexity index is 607. The van der Waals surface area contributed by atoms with Gasteiger partial charge in [0.05, 0.1) is 0 Å². The van der Waals surface area contributed by atoms with Crippen LogP contribution in [0.25, 0.3) is 0 Å². The topological polar surface area (TPSA) is 26.3 Å². The second-order valence-electron chi connectivity index (χ2n) is 7.77. The van der Waals surface area contributed by atoms with Gasteiger partial charge in [-0.05, 0) is 28.3 Å². The van der Waals surface area contributed by atoms with Gasteiger partial charge < -0.3 is 9.22 Å². The van der Waals surface area contributed by atoms with Gasteiger partial charge in [-0.3, -0.25) is 0 Å². The molecule has 0 aromatic heterocycles. The quantitative estimate of drug-likeness (QED) is 0.404. The fraction of sp³-hybridized carbons (Fsp3) is 0.409. The molecule has 2 aromatic rings. The third-order valence-electron chi connectivity index (χ3n) is 4.77. The maximum atomic E-state index is 10.9. The maximum absolute atomic E-state index is 10.9. The number of carbonyl (C=O) groups excluding carboxylic acids is 1. The molecule has 2 rings (SSSR count). The van der Waals surface area contributed by atoms with E-state index >= 15 is 0 Å². The molecule has 0 N–H and O–H groups in total. The molecule has 0 amide bonds. The molecule has 25 heavy (non-hydrogen) atoms. The molecular weight excluding hydrogens is 324 g/mol. The monoisotopic (exact) mass is 354 g/mol. The van der Waals surface area contributed by atoms with Crippen LogP contribution < -0.4 is 10.4 Å². The minimum Gasteiger partial charge on any atom is -0.407 e. The number of carbonyl (C=O) groups is 1. The van der Waals surface area contributed by atoms with Crippen LogP contribution in [0, 0.1) is 5.92 Å². The predicted molar refractivity (Wildman–Crippen MR) is 108 cm³/mol. The Morgan fingerprint density at radius 2 is 1.44 bits per heavy atom. The molecule has 0 spiro atoms. The van der Waals surface area contributed by atoms with Crippen LogP contribution in [-0.4, -0.2) is 21.2 Å². The zero-order valence-corrected chi connectivity index (χ0v) is 16.9. The summed E-state index contributed by atoms with van der Waals surface area (Å²) in [4.78, 5) is 10.9. The number of hydrogen-bond donors (Lipinski definition) is 0. The highest BCUT2D eigenvalue weighted by Crippen LogP contribution is 2.36. The molecule has 0 aliphatic rings. The van der Waals surface area contributed by atoms with Crippen molar-refractivity contribution in [3.63, 3.8) is 0 Å². The molecule has 0 aliphatic carbocycles. The zero-order valence-electron chi connectivity index (χ0n) is 15.9. The van der Waals surface area contributed by atoms with E-state index in [1.165, 1.54) is 10.4 Å². The van der Waals surface area contributed by atoms with Crippen molar-refractivity contribution in [3.05, 3.63) is 60.7 Å². The molecule has 0 aliphatic heterocycles. The van der Waals surface area contributed by atoms with Crippen molar-refractivity contribution in [1.82, 2.24) is 0 Å². The van der Waals surface area contributed by atoms with Crippen LogP contribution in [0.3, 0.4) is 0 Å². The van der Waals surface area contributed by atoms with E-state index < -0.39 is 8.32 Å². The summed E-state index contributed by atoms with van der Waals surface area (Å²) in [6.07, 6.45) is 2.81. The van der Waals surface area contributed by atoms with Crippen LogP contribution in [0.15, 0.2) is 60.7 Å². The van der Waals surface area contributed by atoms with Gasteiger partial charge in [0, 0.05) is 12.5 Å². The van der Waals surface area contributed by atoms with E-state index in [-0.39, 0.29) is 11.0 Å². The van der Waals surface area contributed by atoms with E-state index in [0.29, 0.717) is 6.61 Å². The van der Waals surface area contributed by atoms with Gasteiger partial charge in [-0.25, -0.2) is 0 Å². The van der Waals surface area contributed by atoms with Crippen molar-refractivity contribution in [1.29, 1.82) is 0 Å². The molecule has 134 valence electrons. The standard InChI is InChI=1S/C22H30O2Si/c1-19(18-23)12-11-17-24-25(22(2,3)4,20-13-7-5-8-14-20)21-15-9-6-10-16-21/h5-10,13-16,18-19H,11-12,17H2,1-4H3. The van der Waals surface area contributed by atoms with Crippen LogP contribution in [0.4, 0.5) is 0 Å². The van der Waals surface area contributed by atoms with Crippen LogP contribution in [0.5, 0.6) is 0 Å². The molecular formula is C22H30O2Si. The van der Waals surface area contributed by atoms with Crippen LogP contribution in [-0.2, 0) is 9.22 Å². The zero-order chi connectivity index (χ0) is 18.3. The van der Waals surface area contributed by atoms with Crippen molar-refractivity contribution < 1.29 is 9.22 Å². The van der Waals surface area contributed by atoms with Crippen LogP contribution >= 0.6 is 0 Å². The second-order valence-corrected chi connectivity index (χ2v) is 12.1. The molecule has 2 nitrogen and oxygen atoms in total. The summed E-state index contributed by atoms with van der Waals surface area (Å²) in [5.74, 6) is 0.0998. The fourth-order valence-corrected chi connectivity index (χ4v) is 8.07. The van der Waals surface area contributed by atoms with E-state index in [1.807, 2.05) is 6.92 Å². The first-order chi connectivity index (χ1) is 11.9. The number of benzene rings is 2. The minimum absolute atomic E-state index is 0.00593. The minimum atomic E-state index is -2.42. The van der Waals surface area contributed by atoms with Gasteiger partial charge in [0.15, 0.2) is 0 Å². The van der Waals surface area contributed by atoms with E-state index in [9.17, 15) is 4.79 Å². The molecule has 0 fully saturated rings. The molecule has 0 saturated heterocycles. The molecule has 1 unspecified atom stereocenters. The summed E-state index contributed by atoms with van der Waals surface area (Å²) >= 11 is 0. The second kappa shape index (κ2) is 8.59. The third-order valence-corrected chi connectivity index (χ3v) is 9.81. The highest BCUT2D eigenvalue weighted by molar-refractivity contribution is 6.99. The van der Waals surface area contributed by atoms with Gasteiger partial charge in [0.1, 0.15) is 6.29 Å². The first kappa shape index (κ1) is 19.6. The summed E-state index contributed by atoms with van der Waals surface area (Å²) in [7, 11) is -2.42. The third kappa shape index (κ3) is 4.47. The summed E-state index contributed by atoms with van der Waals surface area (Å²) in [6, 6.07) is 21.3. The van der Waals surface area contributed by atoms with E-state index in [4.69, 9.17) is 4.43 Å². The Morgan fingerprint density at radius 3 is 1.84 bits per heavy atom. The Labute approximate surface area is 153 Å². The summed E-state index contributed by atoms with van der Waals surface area (Å²) in [5, 5.41) is 2.61. The lowest BCUT2D eigenvalue weighted by atomic mass is 10.1. The Kier molecular flexibility index (Phi) is 6.74. The van der Waals surface area contributed by atoms with Gasteiger partial charge in [0.25, 0.3) is 8.32 Å². The summed E-state index contributed by atoms with van der Waals surface area (Å²) < 4.78 is 6.78. The fourth-order valence-electron chi connectivity index (χ4n) is 3.46. The van der Waals surface area contributed by atoms with Crippen LogP contribution in [0.1, 0.15) is 40.5 Å². The summed E-state index contributed by atoms with van der Waals surface area (Å²) in [6.45, 7) is 9.51. The molecule has 0 heterocycles. The molecule has 0 saturated carbocycles. The maximum Gasteiger partial charge on any atom is 0.261 e. The SMILES string of the molecule is CC(C=O)CCCO[Si](c1ccccc1)(c1ccccc1)C(C)(C)C. The Balaban J connectivity index is 2.40. The van der Waals surface area contributed by atoms with Gasteiger partial charge in [-0.1, -0.05) is 88.4 Å². The van der Waals surface area contributed by atoms with E-state index in [2.05, 4.69) is 81.4 Å². The van der Waals surface area contributed by atoms with E-state index in [1.54, 1.807) is 0 Å². The van der Waals surface area contributed by atoms with Crippen LogP contribution in [0.2, 0.25) is 5.04 Å².